The third-order valence-corrected chi connectivity index (χ3v) is 5.22. The van der Waals surface area contributed by atoms with Crippen LogP contribution in [-0.2, 0) is 6.18 Å². The van der Waals surface area contributed by atoms with E-state index in [-0.39, 0.29) is 22.4 Å². The molecule has 1 aromatic heterocycles. The number of ketones is 1. The molecule has 2 aromatic carbocycles. The van der Waals surface area contributed by atoms with Crippen molar-refractivity contribution in [3.63, 3.8) is 0 Å². The number of benzene rings is 2. The Balaban J connectivity index is 1.87. The molecule has 0 atom stereocenters. The summed E-state index contributed by atoms with van der Waals surface area (Å²) in [6.45, 7) is 1.89. The number of aryl methyl sites for hydroxylation is 1. The average molecular weight is 467 g/mol. The Morgan fingerprint density at radius 3 is 2.29 bits per heavy atom. The van der Waals surface area contributed by atoms with Crippen LogP contribution >= 0.6 is 27.7 Å². The predicted octanol–water partition coefficient (Wildman–Crippen LogP) is 6.21. The van der Waals surface area contributed by atoms with E-state index in [1.807, 2.05) is 6.92 Å². The highest BCUT2D eigenvalue weighted by molar-refractivity contribution is 9.10. The fourth-order valence-corrected chi connectivity index (χ4v) is 3.37. The summed E-state index contributed by atoms with van der Waals surface area (Å²) in [6.07, 6.45) is -4.60. The lowest BCUT2D eigenvalue weighted by atomic mass is 10.1. The van der Waals surface area contributed by atoms with Crippen molar-refractivity contribution < 1.29 is 18.0 Å². The molecule has 0 saturated heterocycles. The summed E-state index contributed by atoms with van der Waals surface area (Å²) in [5.41, 5.74) is 1.15. The molecule has 1 heterocycles. The van der Waals surface area contributed by atoms with Crippen LogP contribution in [0.1, 0.15) is 21.6 Å². The Kier molecular flexibility index (Phi) is 6.20. The first-order chi connectivity index (χ1) is 13.2. The van der Waals surface area contributed by atoms with Gasteiger partial charge in [-0.25, -0.2) is 9.97 Å². The van der Waals surface area contributed by atoms with Crippen molar-refractivity contribution in [1.29, 1.82) is 0 Å². The minimum atomic E-state index is -4.60. The Morgan fingerprint density at radius 1 is 1.04 bits per heavy atom. The number of halogens is 4. The van der Waals surface area contributed by atoms with Gasteiger partial charge in [0.05, 0.1) is 11.4 Å². The number of nitrogens with zero attached hydrogens (tertiary/aromatic N) is 2. The van der Waals surface area contributed by atoms with Crippen molar-refractivity contribution in [1.82, 2.24) is 9.97 Å². The summed E-state index contributed by atoms with van der Waals surface area (Å²) in [6, 6.07) is 14.7. The SMILES string of the molecule is Cc1ccc(-c2cc(C(F)(F)F)nc(SCC(=O)c3ccc(Br)cc3)n2)cc1. The van der Waals surface area contributed by atoms with E-state index in [4.69, 9.17) is 0 Å². The first-order valence-corrected chi connectivity index (χ1v) is 9.95. The third kappa shape index (κ3) is 5.20. The van der Waals surface area contributed by atoms with Gasteiger partial charge in [0.25, 0.3) is 0 Å². The molecule has 0 saturated carbocycles. The average Bonchev–Trinajstić information content (AvgIpc) is 2.66. The molecule has 0 amide bonds. The summed E-state index contributed by atoms with van der Waals surface area (Å²) in [7, 11) is 0. The number of carbonyl (C=O) groups excluding carboxylic acids is 1. The molecule has 0 fully saturated rings. The van der Waals surface area contributed by atoms with E-state index in [0.29, 0.717) is 11.1 Å². The lowest BCUT2D eigenvalue weighted by Crippen LogP contribution is -2.11. The van der Waals surface area contributed by atoms with Crippen LogP contribution in [0, 0.1) is 6.92 Å². The minimum absolute atomic E-state index is 0.0592. The van der Waals surface area contributed by atoms with Crippen LogP contribution in [0.4, 0.5) is 13.2 Å². The summed E-state index contributed by atoms with van der Waals surface area (Å²) >= 11 is 4.17. The van der Waals surface area contributed by atoms with Gasteiger partial charge in [-0.2, -0.15) is 13.2 Å². The van der Waals surface area contributed by atoms with Gasteiger partial charge in [0.1, 0.15) is 5.69 Å². The van der Waals surface area contributed by atoms with Crippen molar-refractivity contribution in [3.05, 3.63) is 75.9 Å². The van der Waals surface area contributed by atoms with Gasteiger partial charge in [0.2, 0.25) is 0 Å². The molecule has 0 unspecified atom stereocenters. The van der Waals surface area contributed by atoms with Crippen LogP contribution in [0.25, 0.3) is 11.3 Å². The van der Waals surface area contributed by atoms with Crippen molar-refractivity contribution in [3.8, 4) is 11.3 Å². The van der Waals surface area contributed by atoms with Gasteiger partial charge in [-0.3, -0.25) is 4.79 Å². The molecular weight excluding hydrogens is 453 g/mol. The maximum Gasteiger partial charge on any atom is 0.433 e. The van der Waals surface area contributed by atoms with Gasteiger partial charge in [0.15, 0.2) is 10.9 Å². The molecule has 0 radical (unpaired) electrons. The second-order valence-electron chi connectivity index (χ2n) is 6.00. The van der Waals surface area contributed by atoms with E-state index in [1.165, 1.54) is 0 Å². The van der Waals surface area contributed by atoms with Gasteiger partial charge in [0, 0.05) is 15.6 Å². The fourth-order valence-electron chi connectivity index (χ4n) is 2.36. The van der Waals surface area contributed by atoms with Gasteiger partial charge in [-0.05, 0) is 25.1 Å². The zero-order valence-corrected chi connectivity index (χ0v) is 17.0. The normalized spacial score (nSPS) is 11.5. The molecule has 0 spiro atoms. The second kappa shape index (κ2) is 8.45. The number of hydrogen-bond donors (Lipinski definition) is 0. The predicted molar refractivity (Wildman–Crippen MR) is 106 cm³/mol. The lowest BCUT2D eigenvalue weighted by Gasteiger charge is -2.10. The van der Waals surface area contributed by atoms with Gasteiger partial charge in [-0.1, -0.05) is 69.7 Å². The van der Waals surface area contributed by atoms with Crippen LogP contribution in [0.2, 0.25) is 0 Å². The van der Waals surface area contributed by atoms with Crippen LogP contribution in [0.3, 0.4) is 0 Å². The number of hydrogen-bond acceptors (Lipinski definition) is 4. The highest BCUT2D eigenvalue weighted by atomic mass is 79.9. The minimum Gasteiger partial charge on any atom is -0.293 e. The van der Waals surface area contributed by atoms with Crippen LogP contribution in [0.5, 0.6) is 0 Å². The molecule has 3 nitrogen and oxygen atoms in total. The summed E-state index contributed by atoms with van der Waals surface area (Å²) < 4.78 is 40.6. The molecule has 28 heavy (non-hydrogen) atoms. The molecule has 0 aliphatic heterocycles. The Bertz CT molecular complexity index is 990. The maximum atomic E-state index is 13.3. The molecule has 3 rings (SSSR count). The topological polar surface area (TPSA) is 42.9 Å². The van der Waals surface area contributed by atoms with Crippen LogP contribution in [-0.4, -0.2) is 21.5 Å². The smallest absolute Gasteiger partial charge is 0.293 e. The Hall–Kier alpha value is -2.19. The molecule has 8 heteroatoms. The van der Waals surface area contributed by atoms with E-state index in [9.17, 15) is 18.0 Å². The van der Waals surface area contributed by atoms with Crippen molar-refractivity contribution >= 4 is 33.5 Å². The van der Waals surface area contributed by atoms with E-state index >= 15 is 0 Å². The number of rotatable bonds is 5. The number of aromatic nitrogens is 2. The van der Waals surface area contributed by atoms with E-state index in [1.54, 1.807) is 48.5 Å². The molecule has 3 aromatic rings. The van der Waals surface area contributed by atoms with Gasteiger partial charge < -0.3 is 0 Å². The summed E-state index contributed by atoms with van der Waals surface area (Å²) in [5, 5.41) is -0.0872. The number of thioether (sulfide) groups is 1. The molecule has 144 valence electrons. The van der Waals surface area contributed by atoms with Crippen LogP contribution < -0.4 is 0 Å². The molecule has 0 aliphatic carbocycles. The van der Waals surface area contributed by atoms with Crippen LogP contribution in [0.15, 0.2) is 64.2 Å². The standard InChI is InChI=1S/C20H14BrF3N2OS/c1-12-2-4-13(5-3-12)16-10-18(20(22,23)24)26-19(25-16)28-11-17(27)14-6-8-15(21)9-7-14/h2-10H,11H2,1H3. The highest BCUT2D eigenvalue weighted by Gasteiger charge is 2.34. The van der Waals surface area contributed by atoms with E-state index < -0.39 is 11.9 Å². The summed E-state index contributed by atoms with van der Waals surface area (Å²) in [5.74, 6) is -0.272. The highest BCUT2D eigenvalue weighted by Crippen LogP contribution is 2.32. The largest absolute Gasteiger partial charge is 0.433 e. The second-order valence-corrected chi connectivity index (χ2v) is 7.86. The quantitative estimate of drug-likeness (QED) is 0.254. The number of alkyl halides is 3. The van der Waals surface area contributed by atoms with E-state index in [0.717, 1.165) is 27.9 Å². The molecular formula is C20H14BrF3N2OS. The maximum absolute atomic E-state index is 13.3. The molecule has 0 bridgehead atoms. The monoisotopic (exact) mass is 466 g/mol. The van der Waals surface area contributed by atoms with Gasteiger partial charge in [-0.15, -0.1) is 0 Å². The number of carbonyl (C=O) groups is 1. The number of Topliss-reactive ketones (excluding diaryl/α,β-unsaturated/α-hetero) is 1. The molecule has 0 aliphatic rings. The first-order valence-electron chi connectivity index (χ1n) is 8.17. The third-order valence-electron chi connectivity index (χ3n) is 3.84. The van der Waals surface area contributed by atoms with Crippen molar-refractivity contribution in [2.75, 3.05) is 5.75 Å². The molecule has 0 N–H and O–H groups in total. The van der Waals surface area contributed by atoms with Gasteiger partial charge >= 0.3 is 6.18 Å². The zero-order chi connectivity index (χ0) is 20.3. The van der Waals surface area contributed by atoms with E-state index in [2.05, 4.69) is 25.9 Å². The fraction of sp³-hybridized carbons (Fsp3) is 0.150. The lowest BCUT2D eigenvalue weighted by molar-refractivity contribution is -0.141. The first kappa shape index (κ1) is 20.5. The Labute approximate surface area is 172 Å². The Morgan fingerprint density at radius 2 is 1.68 bits per heavy atom. The van der Waals surface area contributed by atoms with Crippen molar-refractivity contribution in [2.45, 2.75) is 18.3 Å². The summed E-state index contributed by atoms with van der Waals surface area (Å²) in [4.78, 5) is 20.1. The van der Waals surface area contributed by atoms with Crippen molar-refractivity contribution in [2.24, 2.45) is 0 Å². The zero-order valence-electron chi connectivity index (χ0n) is 14.6.